The molecule has 6 heteroatoms. The van der Waals surface area contributed by atoms with Crippen LogP contribution in [0.4, 0.5) is 0 Å². The second-order valence-corrected chi connectivity index (χ2v) is 7.69. The van der Waals surface area contributed by atoms with Crippen LogP contribution < -0.4 is 10.5 Å². The molecule has 1 saturated heterocycles. The van der Waals surface area contributed by atoms with Crippen LogP contribution in [0.1, 0.15) is 19.8 Å². The highest BCUT2D eigenvalue weighted by atomic mass is 32.2. The normalized spacial score (nSPS) is 17.5. The second-order valence-electron chi connectivity index (χ2n) is 5.78. The summed E-state index contributed by atoms with van der Waals surface area (Å²) in [6.07, 6.45) is 1.41. The number of sulfonamides is 1. The third-order valence-electron chi connectivity index (χ3n) is 4.26. The lowest BCUT2D eigenvalue weighted by Crippen LogP contribution is -2.42. The van der Waals surface area contributed by atoms with Crippen molar-refractivity contribution < 1.29 is 13.2 Å². The molecule has 0 atom stereocenters. The van der Waals surface area contributed by atoms with Gasteiger partial charge in [-0.15, -0.1) is 0 Å². The molecule has 0 amide bonds. The van der Waals surface area contributed by atoms with Gasteiger partial charge in [-0.05, 0) is 31.9 Å². The molecule has 0 aromatic heterocycles. The lowest BCUT2D eigenvalue weighted by atomic mass is 10.1. The van der Waals surface area contributed by atoms with E-state index in [1.165, 1.54) is 0 Å². The first-order valence-corrected chi connectivity index (χ1v) is 9.38. The molecule has 1 fully saturated rings. The van der Waals surface area contributed by atoms with Crippen molar-refractivity contribution in [2.75, 3.05) is 19.7 Å². The van der Waals surface area contributed by atoms with Crippen molar-refractivity contribution in [1.82, 2.24) is 4.31 Å². The zero-order valence-electron chi connectivity index (χ0n) is 13.2. The summed E-state index contributed by atoms with van der Waals surface area (Å²) in [7, 11) is -3.52. The van der Waals surface area contributed by atoms with Gasteiger partial charge in [-0.2, -0.15) is 4.31 Å². The molecular weight excluding hydrogens is 312 g/mol. The maximum atomic E-state index is 13.0. The lowest BCUT2D eigenvalue weighted by molar-refractivity contribution is 0.320. The van der Waals surface area contributed by atoms with Crippen LogP contribution in [0.3, 0.4) is 0 Å². The van der Waals surface area contributed by atoms with E-state index >= 15 is 0 Å². The Labute approximate surface area is 137 Å². The Bertz CT molecular complexity index is 797. The molecule has 2 aromatic carbocycles. The molecule has 0 saturated carbocycles. The van der Waals surface area contributed by atoms with E-state index in [2.05, 4.69) is 0 Å². The molecule has 2 aromatic rings. The van der Waals surface area contributed by atoms with Crippen LogP contribution in [-0.2, 0) is 10.0 Å². The van der Waals surface area contributed by atoms with Crippen LogP contribution in [0, 0.1) is 0 Å². The van der Waals surface area contributed by atoms with Gasteiger partial charge in [0.1, 0.15) is 5.75 Å². The number of fused-ring (bicyclic) bond motifs is 1. The van der Waals surface area contributed by atoms with E-state index in [1.54, 1.807) is 16.4 Å². The molecule has 1 aliphatic heterocycles. The standard InChI is InChI=1S/C17H22N2O3S/c1-2-22-16-7-8-17(15-6-4-3-5-14(15)16)23(20,21)19-11-9-13(18)10-12-19/h3-8,13H,2,9-12,18H2,1H3. The number of nitrogens with zero attached hydrogens (tertiary/aromatic N) is 1. The summed E-state index contributed by atoms with van der Waals surface area (Å²) >= 11 is 0. The van der Waals surface area contributed by atoms with Crippen LogP contribution in [-0.4, -0.2) is 38.5 Å². The zero-order valence-corrected chi connectivity index (χ0v) is 14.1. The van der Waals surface area contributed by atoms with Gasteiger partial charge >= 0.3 is 0 Å². The van der Waals surface area contributed by atoms with Crippen molar-refractivity contribution in [1.29, 1.82) is 0 Å². The highest BCUT2D eigenvalue weighted by Crippen LogP contribution is 2.33. The van der Waals surface area contributed by atoms with Gasteiger partial charge in [0, 0.05) is 29.9 Å². The Hall–Kier alpha value is -1.63. The van der Waals surface area contributed by atoms with E-state index in [-0.39, 0.29) is 6.04 Å². The predicted octanol–water partition coefficient (Wildman–Crippen LogP) is 2.35. The molecule has 0 spiro atoms. The van der Waals surface area contributed by atoms with Gasteiger partial charge in [0.25, 0.3) is 0 Å². The summed E-state index contributed by atoms with van der Waals surface area (Å²) in [5.74, 6) is 0.711. The van der Waals surface area contributed by atoms with E-state index in [0.29, 0.717) is 48.6 Å². The largest absolute Gasteiger partial charge is 0.493 e. The van der Waals surface area contributed by atoms with Crippen LogP contribution in [0.25, 0.3) is 10.8 Å². The van der Waals surface area contributed by atoms with Crippen molar-refractivity contribution in [2.45, 2.75) is 30.7 Å². The first-order valence-electron chi connectivity index (χ1n) is 7.94. The minimum absolute atomic E-state index is 0.0959. The van der Waals surface area contributed by atoms with Crippen molar-refractivity contribution in [3.8, 4) is 5.75 Å². The Morgan fingerprint density at radius 3 is 2.43 bits per heavy atom. The van der Waals surface area contributed by atoms with Crippen molar-refractivity contribution >= 4 is 20.8 Å². The number of piperidine rings is 1. The second kappa shape index (κ2) is 6.47. The summed E-state index contributed by atoms with van der Waals surface area (Å²) < 4.78 is 33.2. The number of hydrogen-bond acceptors (Lipinski definition) is 4. The Morgan fingerprint density at radius 2 is 1.78 bits per heavy atom. The van der Waals surface area contributed by atoms with Gasteiger partial charge in [-0.1, -0.05) is 24.3 Å². The number of nitrogens with two attached hydrogens (primary N) is 1. The molecule has 124 valence electrons. The molecule has 5 nitrogen and oxygen atoms in total. The van der Waals surface area contributed by atoms with Crippen molar-refractivity contribution in [2.24, 2.45) is 5.73 Å². The molecule has 3 rings (SSSR count). The fourth-order valence-corrected chi connectivity index (χ4v) is 4.67. The summed E-state index contributed by atoms with van der Waals surface area (Å²) in [6.45, 7) is 3.41. The van der Waals surface area contributed by atoms with E-state index in [0.717, 1.165) is 5.39 Å². The molecular formula is C17H22N2O3S. The van der Waals surface area contributed by atoms with Crippen molar-refractivity contribution in [3.63, 3.8) is 0 Å². The van der Waals surface area contributed by atoms with Crippen molar-refractivity contribution in [3.05, 3.63) is 36.4 Å². The first kappa shape index (κ1) is 16.2. The van der Waals surface area contributed by atoms with Gasteiger partial charge in [0.05, 0.1) is 11.5 Å². The van der Waals surface area contributed by atoms with Crippen LogP contribution in [0.5, 0.6) is 5.75 Å². The monoisotopic (exact) mass is 334 g/mol. The molecule has 1 aliphatic rings. The summed E-state index contributed by atoms with van der Waals surface area (Å²) in [6, 6.07) is 11.0. The SMILES string of the molecule is CCOc1ccc(S(=O)(=O)N2CCC(N)CC2)c2ccccc12. The molecule has 0 unspecified atom stereocenters. The molecule has 23 heavy (non-hydrogen) atoms. The molecule has 0 radical (unpaired) electrons. The first-order chi connectivity index (χ1) is 11.0. The average Bonchev–Trinajstić information content (AvgIpc) is 2.55. The highest BCUT2D eigenvalue weighted by Gasteiger charge is 2.29. The minimum atomic E-state index is -3.52. The van der Waals surface area contributed by atoms with Crippen LogP contribution in [0.15, 0.2) is 41.3 Å². The highest BCUT2D eigenvalue weighted by molar-refractivity contribution is 7.89. The van der Waals surface area contributed by atoms with Crippen LogP contribution in [0.2, 0.25) is 0 Å². The fraction of sp³-hybridized carbons (Fsp3) is 0.412. The third kappa shape index (κ3) is 3.06. The van der Waals surface area contributed by atoms with E-state index < -0.39 is 10.0 Å². The number of benzene rings is 2. The molecule has 0 bridgehead atoms. The molecule has 2 N–H and O–H groups in total. The number of ether oxygens (including phenoxy) is 1. The minimum Gasteiger partial charge on any atom is -0.493 e. The van der Waals surface area contributed by atoms with Crippen LogP contribution >= 0.6 is 0 Å². The quantitative estimate of drug-likeness (QED) is 0.931. The Balaban J connectivity index is 2.07. The van der Waals surface area contributed by atoms with E-state index in [9.17, 15) is 8.42 Å². The Kier molecular flexibility index (Phi) is 4.57. The van der Waals surface area contributed by atoms with Gasteiger partial charge in [0.15, 0.2) is 0 Å². The lowest BCUT2D eigenvalue weighted by Gasteiger charge is -2.29. The third-order valence-corrected chi connectivity index (χ3v) is 6.22. The van der Waals surface area contributed by atoms with E-state index in [4.69, 9.17) is 10.5 Å². The Morgan fingerprint density at radius 1 is 1.13 bits per heavy atom. The summed E-state index contributed by atoms with van der Waals surface area (Å²) in [5, 5.41) is 1.53. The van der Waals surface area contributed by atoms with Gasteiger partial charge < -0.3 is 10.5 Å². The number of rotatable bonds is 4. The zero-order chi connectivity index (χ0) is 16.4. The van der Waals surface area contributed by atoms with Gasteiger partial charge in [-0.3, -0.25) is 0 Å². The average molecular weight is 334 g/mol. The maximum absolute atomic E-state index is 13.0. The topological polar surface area (TPSA) is 72.6 Å². The molecule has 0 aliphatic carbocycles. The van der Waals surface area contributed by atoms with E-state index in [1.807, 2.05) is 31.2 Å². The summed E-state index contributed by atoms with van der Waals surface area (Å²) in [5.41, 5.74) is 5.88. The predicted molar refractivity (Wildman–Crippen MR) is 91.1 cm³/mol. The van der Waals surface area contributed by atoms with Gasteiger partial charge in [-0.25, -0.2) is 8.42 Å². The smallest absolute Gasteiger partial charge is 0.243 e. The summed E-state index contributed by atoms with van der Waals surface area (Å²) in [4.78, 5) is 0.340. The van der Waals surface area contributed by atoms with Gasteiger partial charge in [0.2, 0.25) is 10.0 Å². The molecule has 1 heterocycles. The fourth-order valence-electron chi connectivity index (χ4n) is 3.01. The maximum Gasteiger partial charge on any atom is 0.243 e. The number of hydrogen-bond donors (Lipinski definition) is 1.